The Morgan fingerprint density at radius 2 is 2.04 bits per heavy atom. The van der Waals surface area contributed by atoms with Crippen LogP contribution in [0.25, 0.3) is 0 Å². The van der Waals surface area contributed by atoms with Crippen LogP contribution in [0.3, 0.4) is 0 Å². The number of phenols is 1. The van der Waals surface area contributed by atoms with Gasteiger partial charge in [-0.1, -0.05) is 13.0 Å². The van der Waals surface area contributed by atoms with Crippen molar-refractivity contribution >= 4 is 0 Å². The number of hydrogen-bond acceptors (Lipinski definition) is 1. The van der Waals surface area contributed by atoms with Crippen LogP contribution in [0.2, 0.25) is 0 Å². The molecule has 1 aromatic carbocycles. The Morgan fingerprint density at radius 3 is 2.78 bits per heavy atom. The van der Waals surface area contributed by atoms with Gasteiger partial charge in [-0.15, -0.1) is 0 Å². The van der Waals surface area contributed by atoms with Gasteiger partial charge in [-0.3, -0.25) is 0 Å². The fourth-order valence-corrected chi connectivity index (χ4v) is 6.50. The van der Waals surface area contributed by atoms with Crippen LogP contribution in [-0.2, 0) is 6.42 Å². The second-order valence-electron chi connectivity index (χ2n) is 7.94. The van der Waals surface area contributed by atoms with Crippen molar-refractivity contribution in [2.45, 2.75) is 64.2 Å². The maximum atomic E-state index is 13.6. The van der Waals surface area contributed by atoms with Gasteiger partial charge in [0.25, 0.3) is 0 Å². The van der Waals surface area contributed by atoms with Crippen LogP contribution < -0.4 is 0 Å². The van der Waals surface area contributed by atoms with Gasteiger partial charge < -0.3 is 5.11 Å². The van der Waals surface area contributed by atoms with Crippen molar-refractivity contribution < 1.29 is 13.9 Å². The molecule has 0 radical (unpaired) electrons. The molecule has 0 aliphatic heterocycles. The number of aryl methyl sites for hydroxylation is 1. The zero-order chi connectivity index (χ0) is 16.2. The molecule has 5 atom stereocenters. The van der Waals surface area contributed by atoms with E-state index in [1.54, 1.807) is 6.07 Å². The molecule has 3 aliphatic rings. The average molecular weight is 320 g/mol. The number of alkyl halides is 2. The first-order chi connectivity index (χ1) is 11.1. The van der Waals surface area contributed by atoms with Crippen LogP contribution in [0.1, 0.15) is 62.5 Å². The van der Waals surface area contributed by atoms with Crippen LogP contribution in [0.15, 0.2) is 18.2 Å². The third-order valence-corrected chi connectivity index (χ3v) is 7.46. The van der Waals surface area contributed by atoms with Crippen molar-refractivity contribution in [3.05, 3.63) is 29.3 Å². The van der Waals surface area contributed by atoms with E-state index in [0.29, 0.717) is 29.9 Å². The molecule has 2 saturated carbocycles. The lowest BCUT2D eigenvalue weighted by atomic mass is 9.52. The number of phenolic OH excluding ortho intramolecular Hbond substituents is 1. The van der Waals surface area contributed by atoms with Gasteiger partial charge >= 0.3 is 0 Å². The minimum Gasteiger partial charge on any atom is -0.508 e. The largest absolute Gasteiger partial charge is 0.508 e. The number of rotatable bonds is 2. The van der Waals surface area contributed by atoms with Crippen molar-refractivity contribution in [3.8, 4) is 5.75 Å². The Bertz CT molecular complexity index is 599. The summed E-state index contributed by atoms with van der Waals surface area (Å²) < 4.78 is 27.2. The maximum absolute atomic E-state index is 13.6. The summed E-state index contributed by atoms with van der Waals surface area (Å²) in [6.45, 7) is 2.13. The summed E-state index contributed by atoms with van der Waals surface area (Å²) in [5, 5.41) is 9.73. The molecule has 0 amide bonds. The van der Waals surface area contributed by atoms with Gasteiger partial charge in [0, 0.05) is 5.92 Å². The quantitative estimate of drug-likeness (QED) is 0.760. The fraction of sp³-hybridized carbons (Fsp3) is 0.700. The fourth-order valence-electron chi connectivity index (χ4n) is 6.50. The van der Waals surface area contributed by atoms with Crippen molar-refractivity contribution in [1.29, 1.82) is 0 Å². The highest BCUT2D eigenvalue weighted by Crippen LogP contribution is 2.65. The number of halogens is 2. The van der Waals surface area contributed by atoms with Crippen molar-refractivity contribution in [1.82, 2.24) is 0 Å². The summed E-state index contributed by atoms with van der Waals surface area (Å²) in [5.74, 6) is 1.50. The lowest BCUT2D eigenvalue weighted by Gasteiger charge is -2.52. The highest BCUT2D eigenvalue weighted by molar-refractivity contribution is 5.40. The molecule has 1 N–H and O–H groups in total. The molecule has 23 heavy (non-hydrogen) atoms. The van der Waals surface area contributed by atoms with Gasteiger partial charge in [-0.05, 0) is 91.4 Å². The molecule has 0 bridgehead atoms. The number of aromatic hydroxyl groups is 1. The maximum Gasteiger partial charge on any atom is 0.241 e. The van der Waals surface area contributed by atoms with Crippen LogP contribution >= 0.6 is 0 Å². The molecular weight excluding hydrogens is 294 g/mol. The molecule has 1 aromatic rings. The first kappa shape index (κ1) is 15.4. The predicted octanol–water partition coefficient (Wildman–Crippen LogP) is 5.52. The number of benzene rings is 1. The van der Waals surface area contributed by atoms with Crippen LogP contribution in [0, 0.1) is 23.2 Å². The second kappa shape index (κ2) is 5.46. The molecule has 1 unspecified atom stereocenters. The summed E-state index contributed by atoms with van der Waals surface area (Å²) in [6, 6.07) is 5.78. The molecule has 0 aromatic heterocycles. The average Bonchev–Trinajstić information content (AvgIpc) is 2.94. The van der Waals surface area contributed by atoms with Crippen LogP contribution in [-0.4, -0.2) is 11.5 Å². The third kappa shape index (κ3) is 2.15. The van der Waals surface area contributed by atoms with Crippen molar-refractivity contribution in [2.24, 2.45) is 23.2 Å². The van der Waals surface area contributed by atoms with E-state index in [9.17, 15) is 13.9 Å². The topological polar surface area (TPSA) is 20.2 Å². The van der Waals surface area contributed by atoms with E-state index >= 15 is 0 Å². The molecule has 3 heteroatoms. The van der Waals surface area contributed by atoms with E-state index in [-0.39, 0.29) is 11.3 Å². The molecule has 0 heterocycles. The van der Waals surface area contributed by atoms with Gasteiger partial charge in [0.05, 0.1) is 0 Å². The molecule has 0 saturated heterocycles. The Labute approximate surface area is 137 Å². The summed E-state index contributed by atoms with van der Waals surface area (Å²) in [6.07, 6.45) is 4.51. The lowest BCUT2D eigenvalue weighted by Crippen LogP contribution is -2.45. The Hall–Kier alpha value is -1.12. The monoisotopic (exact) mass is 320 g/mol. The predicted molar refractivity (Wildman–Crippen MR) is 86.8 cm³/mol. The summed E-state index contributed by atoms with van der Waals surface area (Å²) in [7, 11) is 0. The molecule has 2 fully saturated rings. The SMILES string of the molecule is CC[C@]12CC[C@@H]3c4ccc(O)cc4CC[C@H]3[C@@H]1CCC2C(F)F. The van der Waals surface area contributed by atoms with Gasteiger partial charge in [0.15, 0.2) is 0 Å². The van der Waals surface area contributed by atoms with Gasteiger partial charge in [0.2, 0.25) is 6.43 Å². The van der Waals surface area contributed by atoms with E-state index in [0.717, 1.165) is 38.5 Å². The van der Waals surface area contributed by atoms with Gasteiger partial charge in [0.1, 0.15) is 5.75 Å². The molecule has 3 aliphatic carbocycles. The molecule has 4 rings (SSSR count). The zero-order valence-corrected chi connectivity index (χ0v) is 13.8. The van der Waals surface area contributed by atoms with E-state index in [1.165, 1.54) is 11.1 Å². The first-order valence-electron chi connectivity index (χ1n) is 9.16. The van der Waals surface area contributed by atoms with Crippen LogP contribution in [0.4, 0.5) is 8.78 Å². The minimum absolute atomic E-state index is 0.121. The Balaban J connectivity index is 1.69. The summed E-state index contributed by atoms with van der Waals surface area (Å²) in [5.41, 5.74) is 2.53. The van der Waals surface area contributed by atoms with E-state index in [1.807, 2.05) is 6.07 Å². The molecule has 126 valence electrons. The minimum atomic E-state index is -2.16. The number of hydrogen-bond donors (Lipinski definition) is 1. The highest BCUT2D eigenvalue weighted by Gasteiger charge is 2.58. The third-order valence-electron chi connectivity index (χ3n) is 7.46. The second-order valence-corrected chi connectivity index (χ2v) is 7.94. The van der Waals surface area contributed by atoms with Gasteiger partial charge in [-0.25, -0.2) is 8.78 Å². The van der Waals surface area contributed by atoms with Crippen molar-refractivity contribution in [3.63, 3.8) is 0 Å². The van der Waals surface area contributed by atoms with Gasteiger partial charge in [-0.2, -0.15) is 0 Å². The Kier molecular flexibility index (Phi) is 3.66. The number of fused-ring (bicyclic) bond motifs is 5. The molecular formula is C20H26F2O. The Morgan fingerprint density at radius 1 is 1.22 bits per heavy atom. The molecule has 1 nitrogen and oxygen atoms in total. The highest BCUT2D eigenvalue weighted by atomic mass is 19.3. The normalized spacial score (nSPS) is 39.0. The standard InChI is InChI=1S/C20H26F2O/c1-2-20-10-9-15-14-6-4-13(23)11-12(14)3-5-16(15)17(20)7-8-18(20)19(21)22/h4,6,11,15-19,23H,2-3,5,7-10H2,1H3/t15-,16-,17+,18?,20+/m1/s1. The smallest absolute Gasteiger partial charge is 0.241 e. The zero-order valence-electron chi connectivity index (χ0n) is 13.8. The lowest BCUT2D eigenvalue weighted by molar-refractivity contribution is -0.0532. The molecule has 0 spiro atoms. The van der Waals surface area contributed by atoms with Crippen molar-refractivity contribution in [2.75, 3.05) is 0 Å². The van der Waals surface area contributed by atoms with E-state index in [4.69, 9.17) is 0 Å². The summed E-state index contributed by atoms with van der Waals surface area (Å²) in [4.78, 5) is 0. The van der Waals surface area contributed by atoms with E-state index in [2.05, 4.69) is 13.0 Å². The van der Waals surface area contributed by atoms with Crippen LogP contribution in [0.5, 0.6) is 5.75 Å². The summed E-state index contributed by atoms with van der Waals surface area (Å²) >= 11 is 0. The van der Waals surface area contributed by atoms with E-state index < -0.39 is 6.43 Å². The first-order valence-corrected chi connectivity index (χ1v) is 9.16.